The van der Waals surface area contributed by atoms with Crippen molar-refractivity contribution in [3.8, 4) is 0 Å². The molecular formula is C14H20N4O3. The highest BCUT2D eigenvalue weighted by Gasteiger charge is 2.23. The monoisotopic (exact) mass is 292 g/mol. The average Bonchev–Trinajstić information content (AvgIpc) is 2.82. The fourth-order valence-electron chi connectivity index (χ4n) is 2.03. The summed E-state index contributed by atoms with van der Waals surface area (Å²) in [6.45, 7) is 3.73. The molecule has 0 saturated carbocycles. The number of carbonyl (C=O) groups excluding carboxylic acids is 1. The van der Waals surface area contributed by atoms with E-state index in [2.05, 4.69) is 10.4 Å². The van der Waals surface area contributed by atoms with Gasteiger partial charge in [0.15, 0.2) is 5.65 Å². The van der Waals surface area contributed by atoms with Crippen LogP contribution in [-0.2, 0) is 11.3 Å². The molecule has 2 heterocycles. The van der Waals surface area contributed by atoms with E-state index in [0.29, 0.717) is 18.5 Å². The number of carbonyl (C=O) groups is 1. The van der Waals surface area contributed by atoms with Crippen LogP contribution in [-0.4, -0.2) is 37.3 Å². The smallest absolute Gasteiger partial charge is 0.350 e. The third kappa shape index (κ3) is 3.30. The van der Waals surface area contributed by atoms with Gasteiger partial charge in [0.05, 0.1) is 5.60 Å². The Morgan fingerprint density at radius 1 is 1.38 bits per heavy atom. The largest absolute Gasteiger partial charge is 0.388 e. The Kier molecular flexibility index (Phi) is 4.42. The number of hydrogen-bond donors (Lipinski definition) is 2. The zero-order valence-corrected chi connectivity index (χ0v) is 12.2. The second-order valence-electron chi connectivity index (χ2n) is 5.08. The molecule has 0 saturated heterocycles. The molecule has 0 aliphatic heterocycles. The molecule has 7 nitrogen and oxygen atoms in total. The number of hydrogen-bond acceptors (Lipinski definition) is 4. The average molecular weight is 292 g/mol. The zero-order chi connectivity index (χ0) is 15.5. The topological polar surface area (TPSA) is 88.6 Å². The predicted octanol–water partition coefficient (Wildman–Crippen LogP) is 0.163. The molecule has 0 spiro atoms. The van der Waals surface area contributed by atoms with Crippen LogP contribution in [0, 0.1) is 0 Å². The van der Waals surface area contributed by atoms with Crippen LogP contribution in [0.25, 0.3) is 5.65 Å². The highest BCUT2D eigenvalue weighted by Crippen LogP contribution is 2.12. The molecule has 2 rings (SSSR count). The molecule has 2 aromatic heterocycles. The van der Waals surface area contributed by atoms with E-state index in [0.717, 1.165) is 4.68 Å². The molecule has 0 atom stereocenters. The molecule has 0 bridgehead atoms. The summed E-state index contributed by atoms with van der Waals surface area (Å²) in [5.41, 5.74) is -0.768. The fraction of sp³-hybridized carbons (Fsp3) is 0.500. The van der Waals surface area contributed by atoms with Crippen LogP contribution >= 0.6 is 0 Å². The van der Waals surface area contributed by atoms with Gasteiger partial charge in [-0.2, -0.15) is 0 Å². The second-order valence-corrected chi connectivity index (χ2v) is 5.08. The maximum absolute atomic E-state index is 12.0. The number of rotatable bonds is 6. The molecule has 2 aromatic rings. The molecule has 0 unspecified atom stereocenters. The van der Waals surface area contributed by atoms with Gasteiger partial charge < -0.3 is 10.4 Å². The third-order valence-electron chi connectivity index (χ3n) is 3.71. The van der Waals surface area contributed by atoms with Crippen molar-refractivity contribution in [1.29, 1.82) is 0 Å². The number of nitrogens with zero attached hydrogens (tertiary/aromatic N) is 3. The molecule has 1 amide bonds. The standard InChI is InChI=1S/C14H20N4O3/c1-3-14(21,4-2)10-15-12(19)9-18-13(20)17-8-6-5-7-11(17)16-18/h5-8,21H,3-4,9-10H2,1-2H3,(H,15,19). The van der Waals surface area contributed by atoms with E-state index in [1.54, 1.807) is 24.4 Å². The Balaban J connectivity index is 2.05. The van der Waals surface area contributed by atoms with Crippen molar-refractivity contribution in [2.45, 2.75) is 38.8 Å². The van der Waals surface area contributed by atoms with E-state index in [1.807, 2.05) is 13.8 Å². The summed E-state index contributed by atoms with van der Waals surface area (Å²) in [7, 11) is 0. The van der Waals surface area contributed by atoms with Crippen molar-refractivity contribution >= 4 is 11.6 Å². The van der Waals surface area contributed by atoms with E-state index in [-0.39, 0.29) is 24.7 Å². The van der Waals surface area contributed by atoms with Gasteiger partial charge in [-0.25, -0.2) is 9.48 Å². The minimum absolute atomic E-state index is 0.163. The van der Waals surface area contributed by atoms with Gasteiger partial charge in [-0.15, -0.1) is 5.10 Å². The minimum Gasteiger partial charge on any atom is -0.388 e. The van der Waals surface area contributed by atoms with Crippen molar-refractivity contribution in [2.24, 2.45) is 0 Å². The van der Waals surface area contributed by atoms with Crippen LogP contribution in [0.4, 0.5) is 0 Å². The highest BCUT2D eigenvalue weighted by atomic mass is 16.3. The lowest BCUT2D eigenvalue weighted by atomic mass is 9.98. The zero-order valence-electron chi connectivity index (χ0n) is 12.2. The number of pyridine rings is 1. The van der Waals surface area contributed by atoms with E-state index in [1.165, 1.54) is 4.40 Å². The van der Waals surface area contributed by atoms with Crippen molar-refractivity contribution in [1.82, 2.24) is 19.5 Å². The fourth-order valence-corrected chi connectivity index (χ4v) is 2.03. The van der Waals surface area contributed by atoms with Gasteiger partial charge >= 0.3 is 5.69 Å². The second kappa shape index (κ2) is 6.09. The summed E-state index contributed by atoms with van der Waals surface area (Å²) >= 11 is 0. The van der Waals surface area contributed by atoms with E-state index < -0.39 is 5.60 Å². The Labute approximate surface area is 122 Å². The summed E-state index contributed by atoms with van der Waals surface area (Å²) in [5.74, 6) is -0.346. The predicted molar refractivity (Wildman–Crippen MR) is 78.0 cm³/mol. The Hall–Kier alpha value is -2.15. The van der Waals surface area contributed by atoms with Crippen molar-refractivity contribution in [3.63, 3.8) is 0 Å². The first kappa shape index (κ1) is 15.2. The summed E-state index contributed by atoms with van der Waals surface area (Å²) < 4.78 is 2.49. The van der Waals surface area contributed by atoms with Gasteiger partial charge in [0.25, 0.3) is 0 Å². The molecule has 0 aromatic carbocycles. The molecule has 114 valence electrons. The summed E-state index contributed by atoms with van der Waals surface area (Å²) in [4.78, 5) is 23.9. The number of aromatic nitrogens is 3. The first-order chi connectivity index (χ1) is 9.99. The van der Waals surface area contributed by atoms with Crippen LogP contribution in [0.1, 0.15) is 26.7 Å². The Morgan fingerprint density at radius 2 is 2.10 bits per heavy atom. The van der Waals surface area contributed by atoms with Gasteiger partial charge in [0.1, 0.15) is 6.54 Å². The number of aliphatic hydroxyl groups is 1. The quantitative estimate of drug-likeness (QED) is 0.794. The van der Waals surface area contributed by atoms with Crippen LogP contribution < -0.4 is 11.0 Å². The molecule has 0 aliphatic rings. The highest BCUT2D eigenvalue weighted by molar-refractivity contribution is 5.75. The molecule has 21 heavy (non-hydrogen) atoms. The number of amides is 1. The van der Waals surface area contributed by atoms with Gasteiger partial charge in [-0.3, -0.25) is 9.20 Å². The van der Waals surface area contributed by atoms with Crippen molar-refractivity contribution in [3.05, 3.63) is 34.9 Å². The van der Waals surface area contributed by atoms with Gasteiger partial charge in [-0.05, 0) is 25.0 Å². The molecule has 0 radical (unpaired) electrons. The maximum Gasteiger partial charge on any atom is 0.350 e. The summed E-state index contributed by atoms with van der Waals surface area (Å²) in [5, 5.41) is 16.8. The van der Waals surface area contributed by atoms with E-state index in [9.17, 15) is 14.7 Å². The summed E-state index contributed by atoms with van der Waals surface area (Å²) in [6.07, 6.45) is 2.71. The third-order valence-corrected chi connectivity index (χ3v) is 3.71. The van der Waals surface area contributed by atoms with Crippen LogP contribution in [0.5, 0.6) is 0 Å². The van der Waals surface area contributed by atoms with Crippen LogP contribution in [0.15, 0.2) is 29.2 Å². The van der Waals surface area contributed by atoms with Gasteiger partial charge in [0.2, 0.25) is 5.91 Å². The number of fused-ring (bicyclic) bond motifs is 1. The van der Waals surface area contributed by atoms with Crippen molar-refractivity contribution in [2.75, 3.05) is 6.54 Å². The molecule has 7 heteroatoms. The lowest BCUT2D eigenvalue weighted by Gasteiger charge is -2.25. The van der Waals surface area contributed by atoms with Crippen molar-refractivity contribution < 1.29 is 9.90 Å². The van der Waals surface area contributed by atoms with E-state index in [4.69, 9.17) is 0 Å². The minimum atomic E-state index is -0.903. The SMILES string of the molecule is CCC(O)(CC)CNC(=O)Cn1nc2ccccn2c1=O. The Bertz CT molecular complexity index is 685. The summed E-state index contributed by atoms with van der Waals surface area (Å²) in [6, 6.07) is 5.20. The van der Waals surface area contributed by atoms with Gasteiger partial charge in [0, 0.05) is 12.7 Å². The lowest BCUT2D eigenvalue weighted by molar-refractivity contribution is -0.123. The Morgan fingerprint density at radius 3 is 2.71 bits per heavy atom. The maximum atomic E-state index is 12.0. The first-order valence-corrected chi connectivity index (χ1v) is 7.02. The van der Waals surface area contributed by atoms with E-state index >= 15 is 0 Å². The van der Waals surface area contributed by atoms with Crippen LogP contribution in [0.3, 0.4) is 0 Å². The molecule has 0 fully saturated rings. The lowest BCUT2D eigenvalue weighted by Crippen LogP contribution is -2.43. The number of nitrogens with one attached hydrogen (secondary N) is 1. The normalized spacial score (nSPS) is 11.8. The van der Waals surface area contributed by atoms with Gasteiger partial charge in [-0.1, -0.05) is 19.9 Å². The first-order valence-electron chi connectivity index (χ1n) is 7.02. The molecular weight excluding hydrogens is 272 g/mol. The van der Waals surface area contributed by atoms with Crippen LogP contribution in [0.2, 0.25) is 0 Å². The molecule has 0 aliphatic carbocycles. The molecule has 2 N–H and O–H groups in total.